The fourth-order valence-corrected chi connectivity index (χ4v) is 2.31. The molecule has 0 atom stereocenters. The van der Waals surface area contributed by atoms with Gasteiger partial charge in [0.2, 0.25) is 0 Å². The van der Waals surface area contributed by atoms with Gasteiger partial charge in [0, 0.05) is 5.69 Å². The predicted octanol–water partition coefficient (Wildman–Crippen LogP) is 4.04. The van der Waals surface area contributed by atoms with Crippen molar-refractivity contribution in [2.45, 2.75) is 20.0 Å². The molecule has 0 bridgehead atoms. The highest BCUT2D eigenvalue weighted by molar-refractivity contribution is 6.09. The molecule has 0 spiro atoms. The van der Waals surface area contributed by atoms with Crippen LogP contribution < -0.4 is 19.5 Å². The van der Waals surface area contributed by atoms with Crippen molar-refractivity contribution in [1.29, 1.82) is 5.26 Å². The first-order chi connectivity index (χ1) is 13.0. The minimum Gasteiger partial charge on any atom is -0.497 e. The zero-order chi connectivity index (χ0) is 19.8. The van der Waals surface area contributed by atoms with E-state index in [0.29, 0.717) is 28.5 Å². The summed E-state index contributed by atoms with van der Waals surface area (Å²) in [5.74, 6) is 1.32. The monoisotopic (exact) mass is 366 g/mol. The van der Waals surface area contributed by atoms with Crippen molar-refractivity contribution in [1.82, 2.24) is 0 Å². The number of benzene rings is 2. The molecule has 0 heterocycles. The summed E-state index contributed by atoms with van der Waals surface area (Å²) in [6.07, 6.45) is 1.51. The summed E-state index contributed by atoms with van der Waals surface area (Å²) in [7, 11) is 3.10. The van der Waals surface area contributed by atoms with Gasteiger partial charge >= 0.3 is 0 Å². The smallest absolute Gasteiger partial charge is 0.266 e. The van der Waals surface area contributed by atoms with Crippen LogP contribution in [0.5, 0.6) is 17.2 Å². The van der Waals surface area contributed by atoms with Crippen LogP contribution in [0.1, 0.15) is 19.4 Å². The maximum Gasteiger partial charge on any atom is 0.266 e. The van der Waals surface area contributed by atoms with E-state index in [1.165, 1.54) is 13.2 Å². The largest absolute Gasteiger partial charge is 0.497 e. The number of nitrogens with one attached hydrogen (secondary N) is 1. The van der Waals surface area contributed by atoms with E-state index >= 15 is 0 Å². The van der Waals surface area contributed by atoms with E-state index in [9.17, 15) is 10.1 Å². The van der Waals surface area contributed by atoms with E-state index < -0.39 is 5.91 Å². The summed E-state index contributed by atoms with van der Waals surface area (Å²) in [5.41, 5.74) is 1.20. The molecule has 0 aliphatic rings. The predicted molar refractivity (Wildman–Crippen MR) is 104 cm³/mol. The van der Waals surface area contributed by atoms with Crippen LogP contribution in [0.25, 0.3) is 6.08 Å². The molecule has 1 amide bonds. The van der Waals surface area contributed by atoms with E-state index in [1.807, 2.05) is 19.9 Å². The quantitative estimate of drug-likeness (QED) is 0.591. The molecule has 0 saturated carbocycles. The number of carbonyl (C=O) groups excluding carboxylic acids is 1. The molecular formula is C21H22N2O4. The van der Waals surface area contributed by atoms with Gasteiger partial charge in [0.25, 0.3) is 5.91 Å². The van der Waals surface area contributed by atoms with Gasteiger partial charge in [-0.05, 0) is 61.9 Å². The number of carbonyl (C=O) groups is 1. The molecule has 6 heteroatoms. The van der Waals surface area contributed by atoms with E-state index in [2.05, 4.69) is 5.32 Å². The molecule has 0 aliphatic heterocycles. The number of amides is 1. The van der Waals surface area contributed by atoms with Gasteiger partial charge in [-0.25, -0.2) is 0 Å². The van der Waals surface area contributed by atoms with Crippen molar-refractivity contribution in [3.63, 3.8) is 0 Å². The Balaban J connectivity index is 2.21. The van der Waals surface area contributed by atoms with Gasteiger partial charge in [0.1, 0.15) is 17.4 Å². The van der Waals surface area contributed by atoms with Crippen molar-refractivity contribution >= 4 is 17.7 Å². The first-order valence-electron chi connectivity index (χ1n) is 8.38. The molecule has 0 saturated heterocycles. The lowest BCUT2D eigenvalue weighted by atomic mass is 10.1. The molecule has 2 aromatic rings. The molecule has 0 radical (unpaired) electrons. The van der Waals surface area contributed by atoms with Crippen molar-refractivity contribution in [3.8, 4) is 23.3 Å². The summed E-state index contributed by atoms with van der Waals surface area (Å²) in [4.78, 5) is 12.4. The molecule has 0 fully saturated rings. The van der Waals surface area contributed by atoms with Crippen LogP contribution in [0.2, 0.25) is 0 Å². The average molecular weight is 366 g/mol. The Morgan fingerprint density at radius 1 is 1.07 bits per heavy atom. The second-order valence-corrected chi connectivity index (χ2v) is 5.93. The van der Waals surface area contributed by atoms with Crippen LogP contribution in [0.3, 0.4) is 0 Å². The number of rotatable bonds is 7. The molecule has 1 N–H and O–H groups in total. The van der Waals surface area contributed by atoms with Crippen LogP contribution in [-0.4, -0.2) is 26.2 Å². The standard InChI is InChI=1S/C21H22N2O4/c1-14(2)27-19-10-5-15(12-20(19)26-4)11-16(13-22)21(24)23-17-6-8-18(25-3)9-7-17/h5-12,14H,1-4H3,(H,23,24)/b16-11+. The summed E-state index contributed by atoms with van der Waals surface area (Å²) in [6, 6.07) is 14.0. The minimum absolute atomic E-state index is 0.00485. The molecule has 2 aromatic carbocycles. The Morgan fingerprint density at radius 2 is 1.78 bits per heavy atom. The molecular weight excluding hydrogens is 344 g/mol. The molecule has 140 valence electrons. The maximum atomic E-state index is 12.4. The van der Waals surface area contributed by atoms with Crippen LogP contribution in [-0.2, 0) is 4.79 Å². The average Bonchev–Trinajstić information content (AvgIpc) is 2.67. The summed E-state index contributed by atoms with van der Waals surface area (Å²) in [5, 5.41) is 12.1. The lowest BCUT2D eigenvalue weighted by molar-refractivity contribution is -0.112. The molecule has 27 heavy (non-hydrogen) atoms. The Morgan fingerprint density at radius 3 is 2.33 bits per heavy atom. The normalized spacial score (nSPS) is 10.9. The van der Waals surface area contributed by atoms with Crippen LogP contribution >= 0.6 is 0 Å². The van der Waals surface area contributed by atoms with Gasteiger partial charge in [-0.1, -0.05) is 6.07 Å². The van der Waals surface area contributed by atoms with E-state index in [1.54, 1.807) is 49.6 Å². The summed E-state index contributed by atoms with van der Waals surface area (Å²) < 4.78 is 16.1. The first kappa shape index (κ1) is 19.9. The number of anilines is 1. The maximum absolute atomic E-state index is 12.4. The second-order valence-electron chi connectivity index (χ2n) is 5.93. The lowest BCUT2D eigenvalue weighted by Crippen LogP contribution is -2.13. The molecule has 0 unspecified atom stereocenters. The summed E-state index contributed by atoms with van der Waals surface area (Å²) >= 11 is 0. The Kier molecular flexibility index (Phi) is 6.84. The second kappa shape index (κ2) is 9.30. The molecule has 0 aliphatic carbocycles. The third kappa shape index (κ3) is 5.51. The van der Waals surface area contributed by atoms with E-state index in [-0.39, 0.29) is 11.7 Å². The highest BCUT2D eigenvalue weighted by Gasteiger charge is 2.12. The highest BCUT2D eigenvalue weighted by atomic mass is 16.5. The van der Waals surface area contributed by atoms with Gasteiger partial charge < -0.3 is 19.5 Å². The number of hydrogen-bond acceptors (Lipinski definition) is 5. The van der Waals surface area contributed by atoms with Crippen LogP contribution in [0, 0.1) is 11.3 Å². The van der Waals surface area contributed by atoms with Crippen LogP contribution in [0.4, 0.5) is 5.69 Å². The van der Waals surface area contributed by atoms with Gasteiger partial charge in [0.15, 0.2) is 11.5 Å². The molecule has 6 nitrogen and oxygen atoms in total. The highest BCUT2D eigenvalue weighted by Crippen LogP contribution is 2.29. The molecule has 0 aromatic heterocycles. The van der Waals surface area contributed by atoms with E-state index in [0.717, 1.165) is 0 Å². The summed E-state index contributed by atoms with van der Waals surface area (Å²) in [6.45, 7) is 3.84. The zero-order valence-corrected chi connectivity index (χ0v) is 15.8. The lowest BCUT2D eigenvalue weighted by Gasteiger charge is -2.14. The van der Waals surface area contributed by atoms with Gasteiger partial charge in [-0.2, -0.15) is 5.26 Å². The van der Waals surface area contributed by atoms with Crippen LogP contribution in [0.15, 0.2) is 48.0 Å². The Labute approximate surface area is 159 Å². The first-order valence-corrected chi connectivity index (χ1v) is 8.38. The Bertz CT molecular complexity index is 865. The fourth-order valence-electron chi connectivity index (χ4n) is 2.31. The minimum atomic E-state index is -0.496. The number of hydrogen-bond donors (Lipinski definition) is 1. The number of nitriles is 1. The number of nitrogens with zero attached hydrogens (tertiary/aromatic N) is 1. The van der Waals surface area contributed by atoms with Crippen molar-refractivity contribution in [2.24, 2.45) is 0 Å². The fraction of sp³-hybridized carbons (Fsp3) is 0.238. The van der Waals surface area contributed by atoms with Gasteiger partial charge in [0.05, 0.1) is 20.3 Å². The van der Waals surface area contributed by atoms with Crippen molar-refractivity contribution in [3.05, 3.63) is 53.6 Å². The topological polar surface area (TPSA) is 80.6 Å². The zero-order valence-electron chi connectivity index (χ0n) is 15.8. The van der Waals surface area contributed by atoms with Gasteiger partial charge in [-0.15, -0.1) is 0 Å². The number of methoxy groups -OCH3 is 2. The molecule has 2 rings (SSSR count). The van der Waals surface area contributed by atoms with Crippen molar-refractivity contribution in [2.75, 3.05) is 19.5 Å². The van der Waals surface area contributed by atoms with Gasteiger partial charge in [-0.3, -0.25) is 4.79 Å². The SMILES string of the molecule is COc1ccc(NC(=O)/C(C#N)=C/c2ccc(OC(C)C)c(OC)c2)cc1. The third-order valence-electron chi connectivity index (χ3n) is 3.57. The Hall–Kier alpha value is -3.46. The van der Waals surface area contributed by atoms with E-state index in [4.69, 9.17) is 14.2 Å². The number of ether oxygens (including phenoxy) is 3. The third-order valence-corrected chi connectivity index (χ3v) is 3.57. The van der Waals surface area contributed by atoms with Crippen molar-refractivity contribution < 1.29 is 19.0 Å².